The second kappa shape index (κ2) is 5.72. The lowest BCUT2D eigenvalue weighted by atomic mass is 10.0. The van der Waals surface area contributed by atoms with Crippen LogP contribution in [0, 0.1) is 0 Å². The Morgan fingerprint density at radius 3 is 2.75 bits per heavy atom. The van der Waals surface area contributed by atoms with Crippen molar-refractivity contribution >= 4 is 17.6 Å². The number of hydrogen-bond acceptors (Lipinski definition) is 4. The number of ether oxygens (including phenoxy) is 2. The van der Waals surface area contributed by atoms with Crippen molar-refractivity contribution in [2.45, 2.75) is 12.5 Å². The molecular formula is C11H14ClNO3. The van der Waals surface area contributed by atoms with E-state index in [4.69, 9.17) is 22.1 Å². The monoisotopic (exact) mass is 243 g/mol. The molecule has 0 aliphatic rings. The summed E-state index contributed by atoms with van der Waals surface area (Å²) in [6, 6.07) is 4.68. The quantitative estimate of drug-likeness (QED) is 0.821. The van der Waals surface area contributed by atoms with Gasteiger partial charge in [-0.05, 0) is 12.1 Å². The van der Waals surface area contributed by atoms with Gasteiger partial charge < -0.3 is 15.2 Å². The Labute approximate surface area is 99.3 Å². The highest BCUT2D eigenvalue weighted by Crippen LogP contribution is 2.32. The van der Waals surface area contributed by atoms with Crippen LogP contribution in [0.4, 0.5) is 0 Å². The van der Waals surface area contributed by atoms with Crippen molar-refractivity contribution < 1.29 is 14.3 Å². The first-order chi connectivity index (χ1) is 7.60. The molecule has 1 unspecified atom stereocenters. The first kappa shape index (κ1) is 12.8. The van der Waals surface area contributed by atoms with E-state index in [1.54, 1.807) is 18.2 Å². The van der Waals surface area contributed by atoms with Gasteiger partial charge in [-0.3, -0.25) is 4.79 Å². The standard InChI is InChI=1S/C11H14ClNO3/c1-15-9-5-3-4-7(12)11(9)8(13)6-10(14)16-2/h3-5,8H,6,13H2,1-2H3. The molecule has 0 bridgehead atoms. The molecule has 0 saturated heterocycles. The van der Waals surface area contributed by atoms with Crippen LogP contribution in [0.25, 0.3) is 0 Å². The number of halogens is 1. The average molecular weight is 244 g/mol. The lowest BCUT2D eigenvalue weighted by Gasteiger charge is -2.16. The average Bonchev–Trinajstić information content (AvgIpc) is 2.28. The van der Waals surface area contributed by atoms with E-state index in [9.17, 15) is 4.79 Å². The molecule has 1 rings (SSSR count). The Morgan fingerprint density at radius 1 is 1.50 bits per heavy atom. The maximum atomic E-state index is 11.1. The lowest BCUT2D eigenvalue weighted by Crippen LogP contribution is -2.17. The first-order valence-corrected chi connectivity index (χ1v) is 5.12. The zero-order valence-corrected chi connectivity index (χ0v) is 9.95. The normalized spacial score (nSPS) is 12.0. The number of carbonyl (C=O) groups is 1. The van der Waals surface area contributed by atoms with Crippen molar-refractivity contribution in [3.63, 3.8) is 0 Å². The van der Waals surface area contributed by atoms with E-state index in [0.717, 1.165) is 0 Å². The molecular weight excluding hydrogens is 230 g/mol. The SMILES string of the molecule is COC(=O)CC(N)c1c(Cl)cccc1OC. The summed E-state index contributed by atoms with van der Waals surface area (Å²) in [5.41, 5.74) is 6.51. The third kappa shape index (κ3) is 2.87. The van der Waals surface area contributed by atoms with Crippen LogP contribution in [0.3, 0.4) is 0 Å². The lowest BCUT2D eigenvalue weighted by molar-refractivity contribution is -0.141. The van der Waals surface area contributed by atoms with Crippen molar-refractivity contribution in [2.24, 2.45) is 5.73 Å². The summed E-state index contributed by atoms with van der Waals surface area (Å²) in [6.45, 7) is 0. The zero-order chi connectivity index (χ0) is 12.1. The molecule has 0 fully saturated rings. The molecule has 0 amide bonds. The van der Waals surface area contributed by atoms with Crippen LogP contribution in [0.2, 0.25) is 5.02 Å². The van der Waals surface area contributed by atoms with Gasteiger partial charge in [-0.2, -0.15) is 0 Å². The van der Waals surface area contributed by atoms with E-state index in [1.807, 2.05) is 0 Å². The third-order valence-corrected chi connectivity index (χ3v) is 2.55. The summed E-state index contributed by atoms with van der Waals surface area (Å²) in [5, 5.41) is 0.482. The van der Waals surface area contributed by atoms with E-state index in [0.29, 0.717) is 16.3 Å². The maximum Gasteiger partial charge on any atom is 0.307 e. The second-order valence-corrected chi connectivity index (χ2v) is 3.65. The van der Waals surface area contributed by atoms with E-state index >= 15 is 0 Å². The van der Waals surface area contributed by atoms with Crippen LogP contribution in [-0.2, 0) is 9.53 Å². The molecule has 1 aromatic carbocycles. The molecule has 16 heavy (non-hydrogen) atoms. The van der Waals surface area contributed by atoms with E-state index in [-0.39, 0.29) is 12.4 Å². The minimum Gasteiger partial charge on any atom is -0.496 e. The van der Waals surface area contributed by atoms with Crippen LogP contribution >= 0.6 is 11.6 Å². The number of hydrogen-bond donors (Lipinski definition) is 1. The summed E-state index contributed by atoms with van der Waals surface area (Å²) in [4.78, 5) is 11.1. The minimum atomic E-state index is -0.531. The molecule has 0 spiro atoms. The number of nitrogens with two attached hydrogens (primary N) is 1. The molecule has 0 aromatic heterocycles. The fourth-order valence-electron chi connectivity index (χ4n) is 1.42. The Bertz CT molecular complexity index is 381. The summed E-state index contributed by atoms with van der Waals surface area (Å²) >= 11 is 6.02. The van der Waals surface area contributed by atoms with Gasteiger partial charge in [0.25, 0.3) is 0 Å². The van der Waals surface area contributed by atoms with Crippen molar-refractivity contribution in [3.05, 3.63) is 28.8 Å². The Balaban J connectivity index is 2.97. The van der Waals surface area contributed by atoms with Gasteiger partial charge in [0.1, 0.15) is 5.75 Å². The molecule has 1 aromatic rings. The van der Waals surface area contributed by atoms with Crippen LogP contribution in [0.15, 0.2) is 18.2 Å². The molecule has 5 heteroatoms. The Kier molecular flexibility index (Phi) is 4.58. The van der Waals surface area contributed by atoms with Crippen LogP contribution in [0.5, 0.6) is 5.75 Å². The van der Waals surface area contributed by atoms with Crippen molar-refractivity contribution in [3.8, 4) is 5.75 Å². The van der Waals surface area contributed by atoms with E-state index < -0.39 is 6.04 Å². The minimum absolute atomic E-state index is 0.0661. The fraction of sp³-hybridized carbons (Fsp3) is 0.364. The third-order valence-electron chi connectivity index (χ3n) is 2.22. The highest BCUT2D eigenvalue weighted by molar-refractivity contribution is 6.31. The Morgan fingerprint density at radius 2 is 2.19 bits per heavy atom. The molecule has 0 aliphatic heterocycles. The largest absolute Gasteiger partial charge is 0.496 e. The molecule has 0 radical (unpaired) electrons. The van der Waals surface area contributed by atoms with Crippen LogP contribution < -0.4 is 10.5 Å². The molecule has 0 heterocycles. The van der Waals surface area contributed by atoms with Gasteiger partial charge in [-0.1, -0.05) is 17.7 Å². The fourth-order valence-corrected chi connectivity index (χ4v) is 1.73. The molecule has 0 saturated carbocycles. The van der Waals surface area contributed by atoms with Gasteiger partial charge in [0, 0.05) is 16.6 Å². The van der Waals surface area contributed by atoms with E-state index in [2.05, 4.69) is 4.74 Å². The molecule has 2 N–H and O–H groups in total. The second-order valence-electron chi connectivity index (χ2n) is 3.24. The van der Waals surface area contributed by atoms with Gasteiger partial charge in [-0.25, -0.2) is 0 Å². The van der Waals surface area contributed by atoms with Gasteiger partial charge in [0.2, 0.25) is 0 Å². The summed E-state index contributed by atoms with van der Waals surface area (Å²) in [6.07, 6.45) is 0.0661. The zero-order valence-electron chi connectivity index (χ0n) is 9.20. The van der Waals surface area contributed by atoms with Gasteiger partial charge in [-0.15, -0.1) is 0 Å². The number of benzene rings is 1. The van der Waals surface area contributed by atoms with Crippen molar-refractivity contribution in [2.75, 3.05) is 14.2 Å². The molecule has 0 aliphatic carbocycles. The molecule has 88 valence electrons. The smallest absolute Gasteiger partial charge is 0.307 e. The highest BCUT2D eigenvalue weighted by Gasteiger charge is 2.18. The van der Waals surface area contributed by atoms with Gasteiger partial charge in [0.15, 0.2) is 0 Å². The van der Waals surface area contributed by atoms with Gasteiger partial charge >= 0.3 is 5.97 Å². The number of methoxy groups -OCH3 is 2. The van der Waals surface area contributed by atoms with Crippen molar-refractivity contribution in [1.82, 2.24) is 0 Å². The van der Waals surface area contributed by atoms with Crippen LogP contribution in [0.1, 0.15) is 18.0 Å². The van der Waals surface area contributed by atoms with E-state index in [1.165, 1.54) is 14.2 Å². The predicted molar refractivity (Wildman–Crippen MR) is 61.6 cm³/mol. The number of rotatable bonds is 4. The van der Waals surface area contributed by atoms with Crippen molar-refractivity contribution in [1.29, 1.82) is 0 Å². The maximum absolute atomic E-state index is 11.1. The van der Waals surface area contributed by atoms with Crippen LogP contribution in [-0.4, -0.2) is 20.2 Å². The number of esters is 1. The topological polar surface area (TPSA) is 61.5 Å². The van der Waals surface area contributed by atoms with Gasteiger partial charge in [0.05, 0.1) is 20.6 Å². The molecule has 1 atom stereocenters. The Hall–Kier alpha value is -1.26. The summed E-state index contributed by atoms with van der Waals surface area (Å²) in [7, 11) is 2.85. The summed E-state index contributed by atoms with van der Waals surface area (Å²) in [5.74, 6) is 0.193. The first-order valence-electron chi connectivity index (χ1n) is 4.75. The molecule has 4 nitrogen and oxygen atoms in total. The number of carbonyl (C=O) groups excluding carboxylic acids is 1. The summed E-state index contributed by atoms with van der Waals surface area (Å²) < 4.78 is 9.70. The predicted octanol–water partition coefficient (Wildman–Crippen LogP) is 1.91. The highest BCUT2D eigenvalue weighted by atomic mass is 35.5.